The van der Waals surface area contributed by atoms with Crippen molar-refractivity contribution >= 4 is 90.9 Å². The Labute approximate surface area is 365 Å². The lowest BCUT2D eigenvalue weighted by molar-refractivity contribution is 0.0937. The van der Waals surface area contributed by atoms with Crippen molar-refractivity contribution in [1.82, 2.24) is 39.2 Å². The highest BCUT2D eigenvalue weighted by Gasteiger charge is 2.29. The zero-order valence-electron chi connectivity index (χ0n) is 32.1. The standard InChI is InChI=1S/C41H34Cl2N12O4S2/c42-26-5-1-3-24(15-26)32-21-54-36(46-32)30(18-34(50-54)52-8-11-58-12-9-52)39(57)49-41-45-20-29(61-41)17-28-23-59-13-10-53(28)35-19-31(38(56)48-40-44-7-14-60-40)37-47-33(22-55(37)51-35)25-4-2-6-27(43)16-25/h1-7,14-16,18-22,28H,8-13,17,23H2,(H,44,48,56)(H,45,49,57). The smallest absolute Gasteiger partial charge is 0.261 e. The summed E-state index contributed by atoms with van der Waals surface area (Å²) in [5, 5.41) is 19.6. The van der Waals surface area contributed by atoms with E-state index in [1.807, 2.05) is 36.4 Å². The van der Waals surface area contributed by atoms with E-state index in [4.69, 9.17) is 52.8 Å². The molecule has 2 aliphatic rings. The van der Waals surface area contributed by atoms with Gasteiger partial charge in [0.25, 0.3) is 11.8 Å². The van der Waals surface area contributed by atoms with Crippen molar-refractivity contribution in [3.8, 4) is 22.5 Å². The molecule has 1 unspecified atom stereocenters. The average Bonchev–Trinajstić information content (AvgIpc) is 4.11. The van der Waals surface area contributed by atoms with Gasteiger partial charge in [0.05, 0.1) is 67.4 Å². The molecule has 2 fully saturated rings. The van der Waals surface area contributed by atoms with Crippen LogP contribution in [0.3, 0.4) is 0 Å². The summed E-state index contributed by atoms with van der Waals surface area (Å²) in [5.41, 5.74) is 4.32. The summed E-state index contributed by atoms with van der Waals surface area (Å²) in [5.74, 6) is 0.485. The fourth-order valence-corrected chi connectivity index (χ4v) is 9.14. The molecule has 8 heterocycles. The van der Waals surface area contributed by atoms with Crippen LogP contribution in [0.2, 0.25) is 10.0 Å². The fourth-order valence-electron chi connectivity index (χ4n) is 7.35. The zero-order valence-corrected chi connectivity index (χ0v) is 35.2. The van der Waals surface area contributed by atoms with Crippen LogP contribution >= 0.6 is 45.9 Å². The van der Waals surface area contributed by atoms with Gasteiger partial charge in [-0.1, -0.05) is 47.5 Å². The summed E-state index contributed by atoms with van der Waals surface area (Å²) in [6.07, 6.45) is 7.52. The summed E-state index contributed by atoms with van der Waals surface area (Å²) in [7, 11) is 0. The number of hydrogen-bond donors (Lipinski definition) is 2. The molecular formula is C41H34Cl2N12O4S2. The Balaban J connectivity index is 0.926. The van der Waals surface area contributed by atoms with Crippen molar-refractivity contribution in [2.24, 2.45) is 0 Å². The molecule has 10 rings (SSSR count). The topological polar surface area (TPSA) is 169 Å². The van der Waals surface area contributed by atoms with Gasteiger partial charge in [-0.2, -0.15) is 0 Å². The van der Waals surface area contributed by atoms with Crippen LogP contribution in [0.5, 0.6) is 0 Å². The van der Waals surface area contributed by atoms with E-state index in [0.717, 1.165) is 16.0 Å². The van der Waals surface area contributed by atoms with Crippen molar-refractivity contribution in [3.05, 3.63) is 117 Å². The van der Waals surface area contributed by atoms with Crippen molar-refractivity contribution in [3.63, 3.8) is 0 Å². The molecular weight excluding hydrogens is 860 g/mol. The predicted molar refractivity (Wildman–Crippen MR) is 236 cm³/mol. The third-order valence-corrected chi connectivity index (χ3v) is 12.4. The van der Waals surface area contributed by atoms with Crippen LogP contribution in [-0.2, 0) is 15.9 Å². The number of benzene rings is 2. The molecule has 0 aliphatic carbocycles. The van der Waals surface area contributed by atoms with Gasteiger partial charge >= 0.3 is 0 Å². The lowest BCUT2D eigenvalue weighted by atomic mass is 10.1. The molecule has 2 N–H and O–H groups in total. The van der Waals surface area contributed by atoms with Crippen molar-refractivity contribution in [1.29, 1.82) is 0 Å². The first-order chi connectivity index (χ1) is 29.8. The molecule has 0 saturated carbocycles. The maximum atomic E-state index is 14.1. The number of nitrogens with zero attached hydrogens (tertiary/aromatic N) is 10. The number of anilines is 4. The number of amides is 2. The normalized spacial score (nSPS) is 15.7. The number of carbonyl (C=O) groups is 2. The van der Waals surface area contributed by atoms with Gasteiger partial charge in [-0.05, 0) is 36.4 Å². The second-order valence-electron chi connectivity index (χ2n) is 14.2. The summed E-state index contributed by atoms with van der Waals surface area (Å²) in [6.45, 7) is 3.82. The van der Waals surface area contributed by atoms with E-state index in [2.05, 4.69) is 30.4 Å². The highest BCUT2D eigenvalue weighted by molar-refractivity contribution is 7.15. The lowest BCUT2D eigenvalue weighted by Crippen LogP contribution is -2.47. The number of aromatic nitrogens is 8. The number of thiazole rings is 2. The number of nitrogens with one attached hydrogen (secondary N) is 2. The summed E-state index contributed by atoms with van der Waals surface area (Å²) in [6, 6.07) is 18.1. The molecule has 1 atom stereocenters. The molecule has 8 aromatic rings. The van der Waals surface area contributed by atoms with Crippen LogP contribution in [0, 0.1) is 0 Å². The van der Waals surface area contributed by atoms with Crippen LogP contribution < -0.4 is 20.4 Å². The van der Waals surface area contributed by atoms with Gasteiger partial charge in [0.2, 0.25) is 0 Å². The summed E-state index contributed by atoms with van der Waals surface area (Å²) < 4.78 is 14.8. The van der Waals surface area contributed by atoms with Crippen molar-refractivity contribution in [2.45, 2.75) is 12.5 Å². The minimum atomic E-state index is -0.368. The summed E-state index contributed by atoms with van der Waals surface area (Å²) in [4.78, 5) is 51.6. The molecule has 0 bridgehead atoms. The van der Waals surface area contributed by atoms with Gasteiger partial charge in [0.1, 0.15) is 0 Å². The molecule has 2 aliphatic heterocycles. The Bertz CT molecular complexity index is 2910. The van der Waals surface area contributed by atoms with Gasteiger partial charge < -0.3 is 19.3 Å². The number of fused-ring (bicyclic) bond motifs is 2. The van der Waals surface area contributed by atoms with E-state index < -0.39 is 0 Å². The minimum absolute atomic E-state index is 0.167. The van der Waals surface area contributed by atoms with E-state index in [1.54, 1.807) is 63.5 Å². The van der Waals surface area contributed by atoms with Crippen LogP contribution in [0.25, 0.3) is 33.8 Å². The number of ether oxygens (including phenoxy) is 2. The average molecular weight is 894 g/mol. The van der Waals surface area contributed by atoms with Crippen LogP contribution in [0.15, 0.2) is 90.8 Å². The number of rotatable bonds is 10. The van der Waals surface area contributed by atoms with E-state index in [0.29, 0.717) is 118 Å². The third-order valence-electron chi connectivity index (χ3n) is 10.3. The maximum absolute atomic E-state index is 14.1. The van der Waals surface area contributed by atoms with E-state index in [9.17, 15) is 9.59 Å². The minimum Gasteiger partial charge on any atom is -0.378 e. The molecule has 20 heteroatoms. The number of halogens is 2. The second kappa shape index (κ2) is 16.8. The molecule has 308 valence electrons. The molecule has 6 aromatic heterocycles. The van der Waals surface area contributed by atoms with Gasteiger partial charge in [-0.3, -0.25) is 20.2 Å². The van der Waals surface area contributed by atoms with Gasteiger partial charge in [0.15, 0.2) is 33.2 Å². The first-order valence-electron chi connectivity index (χ1n) is 19.3. The molecule has 16 nitrogen and oxygen atoms in total. The molecule has 0 radical (unpaired) electrons. The fraction of sp³-hybridized carbons (Fsp3) is 0.220. The number of carbonyl (C=O) groups excluding carboxylic acids is 2. The van der Waals surface area contributed by atoms with Crippen molar-refractivity contribution < 1.29 is 19.1 Å². The predicted octanol–water partition coefficient (Wildman–Crippen LogP) is 7.11. The van der Waals surface area contributed by atoms with Crippen molar-refractivity contribution in [2.75, 3.05) is 66.5 Å². The molecule has 2 saturated heterocycles. The SMILES string of the molecule is O=C(Nc1nccs1)c1cc(N2CCOCC2Cc2cnc(NC(=O)c3cc(N4CCOCC4)nn4cc(-c5cccc(Cl)c5)nc34)s2)nn2cc(-c3cccc(Cl)c3)nc12. The van der Waals surface area contributed by atoms with E-state index in [-0.39, 0.29) is 17.9 Å². The maximum Gasteiger partial charge on any atom is 0.261 e. The van der Waals surface area contributed by atoms with Gasteiger partial charge in [-0.25, -0.2) is 29.0 Å². The van der Waals surface area contributed by atoms with Crippen LogP contribution in [0.4, 0.5) is 21.9 Å². The second-order valence-corrected chi connectivity index (χ2v) is 17.1. The largest absolute Gasteiger partial charge is 0.378 e. The molecule has 2 aromatic carbocycles. The number of imidazole rings is 2. The first kappa shape index (κ1) is 39.1. The Kier molecular flexibility index (Phi) is 10.8. The monoisotopic (exact) mass is 892 g/mol. The highest BCUT2D eigenvalue weighted by atomic mass is 35.5. The zero-order chi connectivity index (χ0) is 41.5. The van der Waals surface area contributed by atoms with E-state index >= 15 is 0 Å². The van der Waals surface area contributed by atoms with Crippen LogP contribution in [-0.4, -0.2) is 103 Å². The Morgan fingerprint density at radius 2 is 1.38 bits per heavy atom. The lowest BCUT2D eigenvalue weighted by Gasteiger charge is -2.36. The number of morpholine rings is 2. The Morgan fingerprint density at radius 3 is 2.02 bits per heavy atom. The third kappa shape index (κ3) is 8.25. The van der Waals surface area contributed by atoms with Crippen LogP contribution in [0.1, 0.15) is 25.6 Å². The quantitative estimate of drug-likeness (QED) is 0.143. The first-order valence-corrected chi connectivity index (χ1v) is 21.7. The van der Waals surface area contributed by atoms with Gasteiger partial charge in [0, 0.05) is 69.9 Å². The van der Waals surface area contributed by atoms with Gasteiger partial charge in [-0.15, -0.1) is 32.9 Å². The van der Waals surface area contributed by atoms with E-state index in [1.165, 1.54) is 22.7 Å². The highest BCUT2D eigenvalue weighted by Crippen LogP contribution is 2.31. The molecule has 0 spiro atoms. The Morgan fingerprint density at radius 1 is 0.754 bits per heavy atom. The molecule has 2 amide bonds. The summed E-state index contributed by atoms with van der Waals surface area (Å²) >= 11 is 15.3. The molecule has 61 heavy (non-hydrogen) atoms. The Hall–Kier alpha value is -6.02. The number of hydrogen-bond acceptors (Lipinski definition) is 14.